The third kappa shape index (κ3) is 3.54. The molecule has 0 radical (unpaired) electrons. The van der Waals surface area contributed by atoms with E-state index in [2.05, 4.69) is 15.1 Å². The van der Waals surface area contributed by atoms with Crippen LogP contribution in [-0.2, 0) is 0 Å². The van der Waals surface area contributed by atoms with Crippen LogP contribution in [0.1, 0.15) is 5.69 Å². The second-order valence-electron chi connectivity index (χ2n) is 4.50. The van der Waals surface area contributed by atoms with Crippen LogP contribution in [0, 0.1) is 17.0 Å². The van der Waals surface area contributed by atoms with Gasteiger partial charge in [-0.1, -0.05) is 0 Å². The standard InChI is InChI=1S/C12H16N6O4/c1-9-6-11(16(2-4-19)3-5-20)15-12(14-9)17-8-10(7-13-17)18(21)22/h6-8,19-20H,2-5H2,1H3. The van der Waals surface area contributed by atoms with Crippen LogP contribution >= 0.6 is 0 Å². The van der Waals surface area contributed by atoms with E-state index < -0.39 is 4.92 Å². The molecule has 0 aromatic carbocycles. The van der Waals surface area contributed by atoms with Crippen LogP contribution in [-0.4, -0.2) is 61.2 Å². The zero-order valence-corrected chi connectivity index (χ0v) is 12.0. The minimum atomic E-state index is -0.552. The van der Waals surface area contributed by atoms with Crippen LogP contribution in [0.5, 0.6) is 0 Å². The number of hydrogen-bond acceptors (Lipinski definition) is 8. The van der Waals surface area contributed by atoms with E-state index in [0.29, 0.717) is 24.6 Å². The Hall–Kier alpha value is -2.59. The summed E-state index contributed by atoms with van der Waals surface area (Å²) in [5.41, 5.74) is 0.480. The molecule has 0 aliphatic rings. The van der Waals surface area contributed by atoms with Crippen molar-refractivity contribution in [1.82, 2.24) is 19.7 Å². The number of aliphatic hydroxyl groups is 2. The lowest BCUT2D eigenvalue weighted by Crippen LogP contribution is -2.31. The van der Waals surface area contributed by atoms with E-state index in [-0.39, 0.29) is 24.8 Å². The van der Waals surface area contributed by atoms with E-state index in [4.69, 9.17) is 10.2 Å². The first-order valence-corrected chi connectivity index (χ1v) is 6.57. The number of anilines is 1. The Morgan fingerprint density at radius 3 is 2.55 bits per heavy atom. The van der Waals surface area contributed by atoms with Gasteiger partial charge >= 0.3 is 5.69 Å². The lowest BCUT2D eigenvalue weighted by molar-refractivity contribution is -0.384. The molecule has 0 aliphatic carbocycles. The Morgan fingerprint density at radius 2 is 2.00 bits per heavy atom. The molecule has 0 atom stereocenters. The largest absolute Gasteiger partial charge is 0.395 e. The summed E-state index contributed by atoms with van der Waals surface area (Å²) in [6.07, 6.45) is 2.34. The molecule has 0 bridgehead atoms. The molecule has 10 nitrogen and oxygen atoms in total. The summed E-state index contributed by atoms with van der Waals surface area (Å²) in [7, 11) is 0. The Kier molecular flexibility index (Phi) is 4.96. The summed E-state index contributed by atoms with van der Waals surface area (Å²) < 4.78 is 1.21. The monoisotopic (exact) mass is 308 g/mol. The third-order valence-corrected chi connectivity index (χ3v) is 2.88. The number of rotatable bonds is 7. The van der Waals surface area contributed by atoms with Crippen molar-refractivity contribution in [2.45, 2.75) is 6.92 Å². The van der Waals surface area contributed by atoms with E-state index in [1.54, 1.807) is 17.9 Å². The van der Waals surface area contributed by atoms with Crippen molar-refractivity contribution < 1.29 is 15.1 Å². The topological polar surface area (TPSA) is 130 Å². The molecule has 0 unspecified atom stereocenters. The zero-order chi connectivity index (χ0) is 16.1. The molecule has 2 aromatic rings. The highest BCUT2D eigenvalue weighted by atomic mass is 16.6. The lowest BCUT2D eigenvalue weighted by Gasteiger charge is -2.22. The van der Waals surface area contributed by atoms with Gasteiger partial charge in [0.1, 0.15) is 18.2 Å². The minimum Gasteiger partial charge on any atom is -0.395 e. The van der Waals surface area contributed by atoms with Crippen LogP contribution in [0.15, 0.2) is 18.5 Å². The third-order valence-electron chi connectivity index (χ3n) is 2.88. The molecule has 0 fully saturated rings. The molecular weight excluding hydrogens is 292 g/mol. The Morgan fingerprint density at radius 1 is 1.32 bits per heavy atom. The van der Waals surface area contributed by atoms with Gasteiger partial charge in [-0.15, -0.1) is 0 Å². The summed E-state index contributed by atoms with van der Waals surface area (Å²) in [4.78, 5) is 20.3. The van der Waals surface area contributed by atoms with Crippen LogP contribution in [0.3, 0.4) is 0 Å². The fraction of sp³-hybridized carbons (Fsp3) is 0.417. The van der Waals surface area contributed by atoms with E-state index in [1.165, 1.54) is 10.9 Å². The van der Waals surface area contributed by atoms with Gasteiger partial charge in [0.05, 0.1) is 18.1 Å². The average molecular weight is 308 g/mol. The summed E-state index contributed by atoms with van der Waals surface area (Å²) >= 11 is 0. The van der Waals surface area contributed by atoms with Gasteiger partial charge in [-0.3, -0.25) is 10.1 Å². The highest BCUT2D eigenvalue weighted by molar-refractivity contribution is 5.42. The quantitative estimate of drug-likeness (QED) is 0.525. The fourth-order valence-corrected chi connectivity index (χ4v) is 1.90. The summed E-state index contributed by atoms with van der Waals surface area (Å²) in [6.45, 7) is 2.17. The Bertz CT molecular complexity index is 653. The van der Waals surface area contributed by atoms with Crippen molar-refractivity contribution in [3.8, 4) is 5.95 Å². The van der Waals surface area contributed by atoms with E-state index >= 15 is 0 Å². The number of nitrogens with zero attached hydrogens (tertiary/aromatic N) is 6. The number of hydrogen-bond donors (Lipinski definition) is 2. The molecule has 10 heteroatoms. The van der Waals surface area contributed by atoms with Crippen molar-refractivity contribution in [3.63, 3.8) is 0 Å². The van der Waals surface area contributed by atoms with Gasteiger partial charge in [0, 0.05) is 24.8 Å². The minimum absolute atomic E-state index is 0.0916. The maximum absolute atomic E-state index is 10.7. The van der Waals surface area contributed by atoms with Crippen molar-refractivity contribution >= 4 is 11.5 Å². The molecule has 2 rings (SSSR count). The molecular formula is C12H16N6O4. The van der Waals surface area contributed by atoms with Crippen molar-refractivity contribution in [2.75, 3.05) is 31.2 Å². The Labute approximate surface area is 125 Å². The second-order valence-corrected chi connectivity index (χ2v) is 4.50. The maximum Gasteiger partial charge on any atom is 0.307 e. The van der Waals surface area contributed by atoms with Gasteiger partial charge < -0.3 is 15.1 Å². The number of aryl methyl sites for hydroxylation is 1. The van der Waals surface area contributed by atoms with Gasteiger partial charge in [-0.2, -0.15) is 14.8 Å². The first kappa shape index (κ1) is 15.8. The highest BCUT2D eigenvalue weighted by Crippen LogP contribution is 2.16. The van der Waals surface area contributed by atoms with Crippen molar-refractivity contribution in [2.24, 2.45) is 0 Å². The summed E-state index contributed by atoms with van der Waals surface area (Å²) in [5.74, 6) is 0.688. The van der Waals surface area contributed by atoms with Gasteiger partial charge in [-0.05, 0) is 6.92 Å². The summed E-state index contributed by atoms with van der Waals surface area (Å²) in [5, 5.41) is 32.8. The number of aliphatic hydroxyl groups excluding tert-OH is 2. The van der Waals surface area contributed by atoms with Gasteiger partial charge in [0.15, 0.2) is 0 Å². The number of nitro groups is 1. The van der Waals surface area contributed by atoms with Gasteiger partial charge in [-0.25, -0.2) is 4.98 Å². The smallest absolute Gasteiger partial charge is 0.307 e. The molecule has 0 aliphatic heterocycles. The second kappa shape index (κ2) is 6.91. The molecule has 118 valence electrons. The molecule has 0 saturated carbocycles. The zero-order valence-electron chi connectivity index (χ0n) is 12.0. The van der Waals surface area contributed by atoms with E-state index in [9.17, 15) is 10.1 Å². The molecule has 0 saturated heterocycles. The molecule has 2 N–H and O–H groups in total. The SMILES string of the molecule is Cc1cc(N(CCO)CCO)nc(-n2cc([N+](=O)[O-])cn2)n1. The van der Waals surface area contributed by atoms with E-state index in [1.807, 2.05) is 0 Å². The predicted octanol–water partition coefficient (Wildman–Crippen LogP) is -0.330. The average Bonchev–Trinajstić information content (AvgIpc) is 2.96. The van der Waals surface area contributed by atoms with Crippen LogP contribution in [0.2, 0.25) is 0 Å². The molecule has 2 aromatic heterocycles. The predicted molar refractivity (Wildman–Crippen MR) is 76.9 cm³/mol. The van der Waals surface area contributed by atoms with Gasteiger partial charge in [0.25, 0.3) is 5.95 Å². The van der Waals surface area contributed by atoms with Crippen molar-refractivity contribution in [3.05, 3.63) is 34.3 Å². The molecule has 0 amide bonds. The maximum atomic E-state index is 10.7. The van der Waals surface area contributed by atoms with E-state index in [0.717, 1.165) is 6.20 Å². The number of aromatic nitrogens is 4. The Balaban J connectivity index is 2.38. The normalized spacial score (nSPS) is 10.7. The molecule has 22 heavy (non-hydrogen) atoms. The fourth-order valence-electron chi connectivity index (χ4n) is 1.90. The highest BCUT2D eigenvalue weighted by Gasteiger charge is 2.14. The molecule has 0 spiro atoms. The summed E-state index contributed by atoms with van der Waals surface area (Å²) in [6, 6.07) is 1.70. The van der Waals surface area contributed by atoms with Gasteiger partial charge in [0.2, 0.25) is 0 Å². The first-order chi connectivity index (χ1) is 10.5. The van der Waals surface area contributed by atoms with Crippen LogP contribution in [0.4, 0.5) is 11.5 Å². The van der Waals surface area contributed by atoms with Crippen molar-refractivity contribution in [1.29, 1.82) is 0 Å². The van der Waals surface area contributed by atoms with Crippen LogP contribution < -0.4 is 4.90 Å². The van der Waals surface area contributed by atoms with Crippen LogP contribution in [0.25, 0.3) is 5.95 Å². The molecule has 2 heterocycles. The lowest BCUT2D eigenvalue weighted by atomic mass is 10.4. The first-order valence-electron chi connectivity index (χ1n) is 6.57.